The number of hydrogen-bond acceptors (Lipinski definition) is 3. The molecule has 3 N–H and O–H groups in total. The van der Waals surface area contributed by atoms with Crippen LogP contribution in [0.3, 0.4) is 0 Å². The van der Waals surface area contributed by atoms with Gasteiger partial charge in [0, 0.05) is 6.10 Å². The largest absolute Gasteiger partial charge is 1.00 e. The van der Waals surface area contributed by atoms with Crippen molar-refractivity contribution in [1.29, 1.82) is 0 Å². The first-order chi connectivity index (χ1) is 3.73. The molecule has 0 spiro atoms. The van der Waals surface area contributed by atoms with Crippen molar-refractivity contribution in [3.8, 4) is 0 Å². The molecule has 0 saturated heterocycles. The maximum atomic E-state index is 8.77. The molecule has 0 aromatic carbocycles. The van der Waals surface area contributed by atoms with Crippen molar-refractivity contribution >= 4 is 7.82 Å². The van der Waals surface area contributed by atoms with Crippen molar-refractivity contribution in [2.75, 3.05) is 0 Å². The van der Waals surface area contributed by atoms with E-state index in [9.17, 15) is 0 Å². The van der Waals surface area contributed by atoms with Crippen LogP contribution in [0.25, 0.3) is 0 Å². The molecule has 0 aliphatic heterocycles. The van der Waals surface area contributed by atoms with E-state index in [0.717, 1.165) is 0 Å². The van der Waals surface area contributed by atoms with E-state index in [0.29, 0.717) is 0 Å². The zero-order valence-corrected chi connectivity index (χ0v) is 9.08. The van der Waals surface area contributed by atoms with Crippen molar-refractivity contribution < 1.29 is 53.9 Å². The molecule has 0 aliphatic carbocycles. The molecule has 0 aromatic heterocycles. The summed E-state index contributed by atoms with van der Waals surface area (Å²) in [7, 11) is -4.89. The van der Waals surface area contributed by atoms with E-state index in [1.54, 1.807) is 13.8 Å². The van der Waals surface area contributed by atoms with Crippen molar-refractivity contribution in [2.45, 2.75) is 20.0 Å². The molecule has 10 heavy (non-hydrogen) atoms. The van der Waals surface area contributed by atoms with Gasteiger partial charge in [0.2, 0.25) is 0 Å². The van der Waals surface area contributed by atoms with E-state index in [1.165, 1.54) is 0 Å². The van der Waals surface area contributed by atoms with Crippen LogP contribution in [0.4, 0.5) is 0 Å². The minimum absolute atomic E-state index is 0. The summed E-state index contributed by atoms with van der Waals surface area (Å²) in [6, 6.07) is 0. The summed E-state index contributed by atoms with van der Waals surface area (Å²) < 4.78 is 8.77. The molecule has 0 aliphatic rings. The van der Waals surface area contributed by atoms with Gasteiger partial charge in [-0.15, -0.1) is 0 Å². The topological polar surface area (TPSA) is 101 Å². The van der Waals surface area contributed by atoms with Gasteiger partial charge in [-0.05, 0) is 13.8 Å². The molecule has 0 heterocycles. The fourth-order valence-corrected chi connectivity index (χ4v) is 0. The van der Waals surface area contributed by atoms with E-state index in [2.05, 4.69) is 0 Å². The molecule has 5 nitrogen and oxygen atoms in total. The summed E-state index contributed by atoms with van der Waals surface area (Å²) in [5.74, 6) is 0. The van der Waals surface area contributed by atoms with Crippen molar-refractivity contribution in [2.24, 2.45) is 0 Å². The Hall–Kier alpha value is 1.07. The van der Waals surface area contributed by atoms with Gasteiger partial charge in [0.25, 0.3) is 7.82 Å². The minimum Gasteiger partial charge on any atom is -0.756 e. The molecule has 0 bridgehead atoms. The minimum atomic E-state index is -4.89. The molecule has 0 unspecified atom stereocenters. The van der Waals surface area contributed by atoms with Gasteiger partial charge in [-0.25, -0.2) is 0 Å². The first kappa shape index (κ1) is 17.2. The summed E-state index contributed by atoms with van der Waals surface area (Å²) in [6.45, 7) is 3.44. The van der Waals surface area contributed by atoms with Crippen molar-refractivity contribution in [3.05, 3.63) is 0 Å². The summed E-state index contributed by atoms with van der Waals surface area (Å²) in [6.07, 6.45) is -0.167. The Labute approximate surface area is 81.6 Å². The summed E-state index contributed by atoms with van der Waals surface area (Å²) in [4.78, 5) is 22.9. The zero-order valence-electron chi connectivity index (χ0n) is 6.18. The van der Waals surface area contributed by atoms with Crippen LogP contribution < -0.4 is 34.5 Å². The van der Waals surface area contributed by atoms with Gasteiger partial charge in [-0.1, -0.05) is 0 Å². The molecular weight excluding hydrogens is 170 g/mol. The van der Waals surface area contributed by atoms with Crippen LogP contribution in [-0.4, -0.2) is 21.0 Å². The van der Waals surface area contributed by atoms with Crippen molar-refractivity contribution in [1.82, 2.24) is 0 Å². The first-order valence-corrected chi connectivity index (χ1v) is 3.71. The number of aliphatic hydroxyl groups excluding tert-OH is 1. The van der Waals surface area contributed by atoms with Gasteiger partial charge in [0.05, 0.1) is 0 Å². The van der Waals surface area contributed by atoms with Gasteiger partial charge >= 0.3 is 29.6 Å². The van der Waals surface area contributed by atoms with E-state index in [-0.39, 0.29) is 35.7 Å². The van der Waals surface area contributed by atoms with E-state index in [1.807, 2.05) is 0 Å². The van der Waals surface area contributed by atoms with Crippen LogP contribution >= 0.6 is 7.82 Å². The second-order valence-electron chi connectivity index (χ2n) is 1.58. The number of aliphatic hydroxyl groups is 1. The van der Waals surface area contributed by atoms with Crippen LogP contribution in [0.5, 0.6) is 0 Å². The number of phosphoric acid groups is 1. The molecule has 0 amide bonds. The molecule has 58 valence electrons. The van der Waals surface area contributed by atoms with Gasteiger partial charge in [-0.2, -0.15) is 0 Å². The Kier molecular flexibility index (Phi) is 14.1. The van der Waals surface area contributed by atoms with Gasteiger partial charge in [-0.3, -0.25) is 4.57 Å². The zero-order chi connectivity index (χ0) is 8.08. The van der Waals surface area contributed by atoms with Gasteiger partial charge < -0.3 is 19.8 Å². The average molecular weight is 180 g/mol. The quantitative estimate of drug-likeness (QED) is 0.259. The predicted octanol–water partition coefficient (Wildman–Crippen LogP) is -4.17. The molecule has 0 rings (SSSR count). The maximum absolute atomic E-state index is 8.77. The number of rotatable bonds is 0. The SMILES string of the molecule is CC(C)O.O=P([O-])(O)O.[Na+]. The standard InChI is InChI=1S/C3H8O.Na.H3O4P/c1-3(2)4;;1-5(2,3)4/h3-4H,1-2H3;;(H3,1,2,3,4)/q;+1;/p-1. The summed E-state index contributed by atoms with van der Waals surface area (Å²) in [5.41, 5.74) is 0. The smallest absolute Gasteiger partial charge is 0.756 e. The summed E-state index contributed by atoms with van der Waals surface area (Å²) >= 11 is 0. The third kappa shape index (κ3) is 516. The third-order valence-electron chi connectivity index (χ3n) is 0. The van der Waals surface area contributed by atoms with Gasteiger partial charge in [0.1, 0.15) is 0 Å². The van der Waals surface area contributed by atoms with Crippen LogP contribution in [0.2, 0.25) is 0 Å². The van der Waals surface area contributed by atoms with Crippen LogP contribution in [0.15, 0.2) is 0 Å². The Morgan fingerprint density at radius 1 is 1.40 bits per heavy atom. The van der Waals surface area contributed by atoms with Crippen LogP contribution in [-0.2, 0) is 4.57 Å². The molecule has 0 saturated carbocycles. The molecule has 0 radical (unpaired) electrons. The number of hydrogen-bond donors (Lipinski definition) is 3. The summed E-state index contributed by atoms with van der Waals surface area (Å²) in [5, 5.41) is 8.06. The third-order valence-corrected chi connectivity index (χ3v) is 0. The Balaban J connectivity index is -0.0000000910. The first-order valence-electron chi connectivity index (χ1n) is 2.18. The maximum Gasteiger partial charge on any atom is 1.00 e. The van der Waals surface area contributed by atoms with E-state index >= 15 is 0 Å². The van der Waals surface area contributed by atoms with Crippen LogP contribution in [0.1, 0.15) is 13.8 Å². The molecule has 7 heteroatoms. The van der Waals surface area contributed by atoms with Gasteiger partial charge in [0.15, 0.2) is 0 Å². The molecular formula is C3H10NaO5P. The van der Waals surface area contributed by atoms with E-state index in [4.69, 9.17) is 24.4 Å². The second kappa shape index (κ2) is 8.17. The second-order valence-corrected chi connectivity index (χ2v) is 2.57. The fraction of sp³-hybridized carbons (Fsp3) is 1.00. The fourth-order valence-electron chi connectivity index (χ4n) is 0. The Morgan fingerprint density at radius 3 is 1.40 bits per heavy atom. The Bertz CT molecular complexity index is 88.0. The van der Waals surface area contributed by atoms with E-state index < -0.39 is 7.82 Å². The monoisotopic (exact) mass is 180 g/mol. The molecule has 0 fully saturated rings. The average Bonchev–Trinajstić information content (AvgIpc) is 1.19. The molecule has 0 atom stereocenters. The van der Waals surface area contributed by atoms with Crippen molar-refractivity contribution in [3.63, 3.8) is 0 Å². The molecule has 0 aromatic rings. The van der Waals surface area contributed by atoms with Crippen LogP contribution in [0, 0.1) is 0 Å². The Morgan fingerprint density at radius 2 is 1.40 bits per heavy atom. The normalized spacial score (nSPS) is 9.50. The predicted molar refractivity (Wildman–Crippen MR) is 29.4 cm³/mol.